The second kappa shape index (κ2) is 10.1. The van der Waals surface area contributed by atoms with Crippen LogP contribution in [0.4, 0.5) is 0 Å². The fraction of sp³-hybridized carbons (Fsp3) is 0.682. The van der Waals surface area contributed by atoms with Gasteiger partial charge < -0.3 is 25.2 Å². The number of nitrogens with zero attached hydrogens (tertiary/aromatic N) is 1. The summed E-state index contributed by atoms with van der Waals surface area (Å²) in [6.45, 7) is 5.20. The normalized spacial score (nSPS) is 25.2. The van der Waals surface area contributed by atoms with E-state index in [1.165, 1.54) is 5.56 Å². The van der Waals surface area contributed by atoms with E-state index in [9.17, 15) is 5.11 Å². The van der Waals surface area contributed by atoms with Crippen molar-refractivity contribution in [3.05, 3.63) is 29.8 Å². The monoisotopic (exact) mass is 389 g/mol. The molecule has 0 unspecified atom stereocenters. The van der Waals surface area contributed by atoms with Crippen molar-refractivity contribution in [3.63, 3.8) is 0 Å². The lowest BCUT2D eigenvalue weighted by atomic mass is 9.74. The highest BCUT2D eigenvalue weighted by Gasteiger charge is 2.34. The van der Waals surface area contributed by atoms with Crippen molar-refractivity contribution in [2.45, 2.75) is 63.0 Å². The fourth-order valence-electron chi connectivity index (χ4n) is 4.21. The zero-order valence-corrected chi connectivity index (χ0v) is 17.2. The number of ether oxygens (including phenoxy) is 2. The Morgan fingerprint density at radius 3 is 2.46 bits per heavy atom. The maximum absolute atomic E-state index is 9.74. The molecule has 3 rings (SSSR count). The summed E-state index contributed by atoms with van der Waals surface area (Å²) in [7, 11) is 1.70. The summed E-state index contributed by atoms with van der Waals surface area (Å²) in [6.07, 6.45) is 5.51. The Labute approximate surface area is 168 Å². The first-order valence-corrected chi connectivity index (χ1v) is 10.6. The van der Waals surface area contributed by atoms with E-state index in [1.54, 1.807) is 7.11 Å². The van der Waals surface area contributed by atoms with Crippen molar-refractivity contribution in [2.75, 3.05) is 33.4 Å². The van der Waals surface area contributed by atoms with E-state index in [2.05, 4.69) is 29.7 Å². The first-order valence-electron chi connectivity index (χ1n) is 10.6. The second-order valence-electron chi connectivity index (χ2n) is 7.97. The van der Waals surface area contributed by atoms with Gasteiger partial charge in [0.15, 0.2) is 5.96 Å². The van der Waals surface area contributed by atoms with Gasteiger partial charge in [-0.15, -0.1) is 0 Å². The number of hydrogen-bond acceptors (Lipinski definition) is 4. The number of hydrogen-bond donors (Lipinski definition) is 3. The molecule has 0 radical (unpaired) electrons. The molecule has 1 saturated carbocycles. The number of methoxy groups -OCH3 is 1. The summed E-state index contributed by atoms with van der Waals surface area (Å²) in [6, 6.07) is 8.79. The van der Waals surface area contributed by atoms with Crippen LogP contribution in [0.2, 0.25) is 0 Å². The number of aliphatic hydroxyl groups excluding tert-OH is 1. The van der Waals surface area contributed by atoms with Crippen LogP contribution in [0.3, 0.4) is 0 Å². The molecule has 1 aliphatic carbocycles. The van der Waals surface area contributed by atoms with Crippen molar-refractivity contribution in [1.29, 1.82) is 0 Å². The lowest BCUT2D eigenvalue weighted by Gasteiger charge is -2.37. The Bertz CT molecular complexity index is 618. The predicted molar refractivity (Wildman–Crippen MR) is 112 cm³/mol. The van der Waals surface area contributed by atoms with Crippen LogP contribution in [0.5, 0.6) is 5.75 Å². The van der Waals surface area contributed by atoms with Gasteiger partial charge in [0, 0.05) is 31.2 Å². The molecule has 6 heteroatoms. The van der Waals surface area contributed by atoms with Gasteiger partial charge in [-0.25, -0.2) is 0 Å². The largest absolute Gasteiger partial charge is 0.497 e. The molecule has 0 amide bonds. The molecule has 1 aliphatic heterocycles. The fourth-order valence-corrected chi connectivity index (χ4v) is 4.21. The topological polar surface area (TPSA) is 75.1 Å². The van der Waals surface area contributed by atoms with E-state index in [1.807, 2.05) is 12.1 Å². The standard InChI is InChI=1S/C22H35N3O3/c1-3-23-21(25-18-6-8-19(26)9-7-18)24-16-22(12-14-28-15-13-22)17-4-10-20(27-2)11-5-17/h4-5,10-11,18-19,26H,3,6-9,12-16H2,1-2H3,(H2,23,24,25). The number of aliphatic hydroxyl groups is 1. The van der Waals surface area contributed by atoms with Gasteiger partial charge in [0.2, 0.25) is 0 Å². The molecule has 6 nitrogen and oxygen atoms in total. The van der Waals surface area contributed by atoms with Crippen LogP contribution in [0, 0.1) is 0 Å². The van der Waals surface area contributed by atoms with Gasteiger partial charge in [0.05, 0.1) is 19.8 Å². The third-order valence-corrected chi connectivity index (χ3v) is 6.07. The molecule has 0 spiro atoms. The molecule has 0 atom stereocenters. The Balaban J connectivity index is 1.73. The molecule has 1 aromatic carbocycles. The van der Waals surface area contributed by atoms with Crippen molar-refractivity contribution >= 4 is 5.96 Å². The minimum Gasteiger partial charge on any atom is -0.497 e. The van der Waals surface area contributed by atoms with Gasteiger partial charge in [-0.1, -0.05) is 12.1 Å². The van der Waals surface area contributed by atoms with Crippen molar-refractivity contribution in [1.82, 2.24) is 10.6 Å². The van der Waals surface area contributed by atoms with Gasteiger partial charge >= 0.3 is 0 Å². The van der Waals surface area contributed by atoms with Crippen LogP contribution in [0.25, 0.3) is 0 Å². The van der Waals surface area contributed by atoms with Crippen molar-refractivity contribution in [2.24, 2.45) is 4.99 Å². The van der Waals surface area contributed by atoms with E-state index in [0.29, 0.717) is 6.04 Å². The summed E-state index contributed by atoms with van der Waals surface area (Å²) in [4.78, 5) is 4.99. The molecule has 2 aliphatic rings. The molecule has 0 aromatic heterocycles. The Kier molecular flexibility index (Phi) is 7.57. The number of guanidine groups is 1. The van der Waals surface area contributed by atoms with Crippen LogP contribution < -0.4 is 15.4 Å². The maximum Gasteiger partial charge on any atom is 0.191 e. The average Bonchev–Trinajstić information content (AvgIpc) is 2.74. The molecular weight excluding hydrogens is 354 g/mol. The molecule has 1 saturated heterocycles. The smallest absolute Gasteiger partial charge is 0.191 e. The van der Waals surface area contributed by atoms with E-state index < -0.39 is 0 Å². The molecule has 1 heterocycles. The predicted octanol–water partition coefficient (Wildman–Crippen LogP) is 2.60. The van der Waals surface area contributed by atoms with E-state index in [-0.39, 0.29) is 11.5 Å². The molecule has 28 heavy (non-hydrogen) atoms. The van der Waals surface area contributed by atoms with E-state index in [4.69, 9.17) is 14.5 Å². The van der Waals surface area contributed by atoms with Crippen LogP contribution in [0.1, 0.15) is 51.0 Å². The number of aliphatic imine (C=N–C) groups is 1. The minimum atomic E-state index is -0.141. The Morgan fingerprint density at radius 1 is 1.18 bits per heavy atom. The quantitative estimate of drug-likeness (QED) is 0.515. The van der Waals surface area contributed by atoms with E-state index >= 15 is 0 Å². The van der Waals surface area contributed by atoms with Gasteiger partial charge in [-0.3, -0.25) is 4.99 Å². The third kappa shape index (κ3) is 5.39. The first kappa shape index (κ1) is 20.9. The summed E-state index contributed by atoms with van der Waals surface area (Å²) in [5.41, 5.74) is 1.30. The summed E-state index contributed by atoms with van der Waals surface area (Å²) >= 11 is 0. The molecular formula is C22H35N3O3. The third-order valence-electron chi connectivity index (χ3n) is 6.07. The number of nitrogens with one attached hydrogen (secondary N) is 2. The molecule has 0 bridgehead atoms. The first-order chi connectivity index (χ1) is 13.6. The van der Waals surface area contributed by atoms with Crippen molar-refractivity contribution in [3.8, 4) is 5.75 Å². The van der Waals surface area contributed by atoms with E-state index in [0.717, 1.165) is 76.5 Å². The maximum atomic E-state index is 9.74. The number of rotatable bonds is 6. The van der Waals surface area contributed by atoms with Gasteiger partial charge in [-0.05, 0) is 63.1 Å². The minimum absolute atomic E-state index is 0.00433. The van der Waals surface area contributed by atoms with Crippen LogP contribution in [-0.4, -0.2) is 56.6 Å². The van der Waals surface area contributed by atoms with Gasteiger partial charge in [0.1, 0.15) is 5.75 Å². The highest BCUT2D eigenvalue weighted by atomic mass is 16.5. The Hall–Kier alpha value is -1.79. The van der Waals surface area contributed by atoms with Crippen molar-refractivity contribution < 1.29 is 14.6 Å². The number of benzene rings is 1. The van der Waals surface area contributed by atoms with Gasteiger partial charge in [-0.2, -0.15) is 0 Å². The molecule has 156 valence electrons. The SMILES string of the molecule is CCNC(=NCC1(c2ccc(OC)cc2)CCOCC1)NC1CCC(O)CC1. The lowest BCUT2D eigenvalue weighted by molar-refractivity contribution is 0.0530. The highest BCUT2D eigenvalue weighted by Crippen LogP contribution is 2.36. The van der Waals surface area contributed by atoms with Crippen LogP contribution in [0.15, 0.2) is 29.3 Å². The average molecular weight is 390 g/mol. The molecule has 1 aromatic rings. The Morgan fingerprint density at radius 2 is 1.86 bits per heavy atom. The van der Waals surface area contributed by atoms with Crippen LogP contribution >= 0.6 is 0 Å². The zero-order chi connectivity index (χ0) is 19.8. The lowest BCUT2D eigenvalue weighted by Crippen LogP contribution is -2.46. The van der Waals surface area contributed by atoms with Gasteiger partial charge in [0.25, 0.3) is 0 Å². The second-order valence-corrected chi connectivity index (χ2v) is 7.97. The summed E-state index contributed by atoms with van der Waals surface area (Å²) < 4.78 is 11.0. The zero-order valence-electron chi connectivity index (χ0n) is 17.2. The molecule has 3 N–H and O–H groups in total. The highest BCUT2D eigenvalue weighted by molar-refractivity contribution is 5.80. The molecule has 2 fully saturated rings. The summed E-state index contributed by atoms with van der Waals surface area (Å²) in [5, 5.41) is 16.7. The van der Waals surface area contributed by atoms with Crippen LogP contribution in [-0.2, 0) is 10.2 Å². The summed E-state index contributed by atoms with van der Waals surface area (Å²) in [5.74, 6) is 1.76.